The van der Waals surface area contributed by atoms with Crippen LogP contribution in [0.5, 0.6) is 0 Å². The van der Waals surface area contributed by atoms with E-state index in [-0.39, 0.29) is 18.5 Å². The molecule has 2 atom stereocenters. The molecule has 67 heavy (non-hydrogen) atoms. The molecule has 2 unspecified atom stereocenters. The van der Waals surface area contributed by atoms with Crippen LogP contribution in [0.3, 0.4) is 0 Å². The first kappa shape index (κ1) is 65.3. The summed E-state index contributed by atoms with van der Waals surface area (Å²) in [6.07, 6.45) is 68.9. The van der Waals surface area contributed by atoms with Crippen LogP contribution in [-0.4, -0.2) is 47.4 Å². The Bertz CT molecular complexity index is 1040. The molecule has 0 aromatic heterocycles. The topological polar surface area (TPSA) is 95.9 Å². The quantitative estimate of drug-likeness (QED) is 0.0321. The van der Waals surface area contributed by atoms with Gasteiger partial charge in [0.2, 0.25) is 5.91 Å². The summed E-state index contributed by atoms with van der Waals surface area (Å²) in [5.41, 5.74) is 0. The molecule has 0 aromatic rings. The largest absolute Gasteiger partial charge is 0.466 e. The van der Waals surface area contributed by atoms with Crippen molar-refractivity contribution in [3.63, 3.8) is 0 Å². The highest BCUT2D eigenvalue weighted by molar-refractivity contribution is 5.76. The van der Waals surface area contributed by atoms with E-state index in [4.69, 9.17) is 4.74 Å². The Kier molecular flexibility index (Phi) is 55.5. The Hall–Kier alpha value is -1.66. The number of allylic oxidation sites excluding steroid dienone is 4. The zero-order chi connectivity index (χ0) is 48.6. The number of rotatable bonds is 56. The van der Waals surface area contributed by atoms with Crippen LogP contribution < -0.4 is 5.32 Å². The fourth-order valence-corrected chi connectivity index (χ4v) is 9.32. The monoisotopic (exact) mass is 944 g/mol. The van der Waals surface area contributed by atoms with Gasteiger partial charge in [0.25, 0.3) is 0 Å². The minimum Gasteiger partial charge on any atom is -0.466 e. The van der Waals surface area contributed by atoms with E-state index in [0.717, 1.165) is 44.9 Å². The predicted molar refractivity (Wildman–Crippen MR) is 292 cm³/mol. The number of unbranched alkanes of at least 4 members (excludes halogenated alkanes) is 41. The number of hydrogen-bond acceptors (Lipinski definition) is 5. The zero-order valence-electron chi connectivity index (χ0n) is 45.1. The van der Waals surface area contributed by atoms with Crippen molar-refractivity contribution in [1.29, 1.82) is 0 Å². The summed E-state index contributed by atoms with van der Waals surface area (Å²) in [5, 5.41) is 23.3. The number of esters is 1. The normalized spacial score (nSPS) is 12.7. The number of aliphatic hydroxyl groups excluding tert-OH is 2. The van der Waals surface area contributed by atoms with E-state index in [1.54, 1.807) is 0 Å². The van der Waals surface area contributed by atoms with Gasteiger partial charge in [-0.25, -0.2) is 0 Å². The van der Waals surface area contributed by atoms with Gasteiger partial charge in [-0.1, -0.05) is 269 Å². The van der Waals surface area contributed by atoms with Crippen molar-refractivity contribution in [1.82, 2.24) is 5.32 Å². The van der Waals surface area contributed by atoms with Gasteiger partial charge < -0.3 is 20.3 Å². The Labute approximate surface area is 418 Å². The maximum Gasteiger partial charge on any atom is 0.305 e. The molecule has 0 aliphatic rings. The van der Waals surface area contributed by atoms with E-state index in [1.807, 2.05) is 0 Å². The van der Waals surface area contributed by atoms with Crippen LogP contribution in [0, 0.1) is 0 Å². The van der Waals surface area contributed by atoms with Crippen molar-refractivity contribution in [2.24, 2.45) is 0 Å². The highest BCUT2D eigenvalue weighted by atomic mass is 16.5. The molecule has 0 spiro atoms. The van der Waals surface area contributed by atoms with Gasteiger partial charge >= 0.3 is 5.97 Å². The van der Waals surface area contributed by atoms with E-state index in [2.05, 4.69) is 43.5 Å². The Balaban J connectivity index is 3.43. The van der Waals surface area contributed by atoms with Crippen LogP contribution >= 0.6 is 0 Å². The Morgan fingerprint density at radius 1 is 0.403 bits per heavy atom. The Morgan fingerprint density at radius 2 is 0.716 bits per heavy atom. The molecule has 0 heterocycles. The molecule has 1 amide bonds. The molecule has 0 aliphatic heterocycles. The molecule has 396 valence electrons. The highest BCUT2D eigenvalue weighted by Gasteiger charge is 2.20. The van der Waals surface area contributed by atoms with Gasteiger partial charge in [0.1, 0.15) is 0 Å². The summed E-state index contributed by atoms with van der Waals surface area (Å²) in [7, 11) is 0. The number of carbonyl (C=O) groups excluding carboxylic acids is 2. The van der Waals surface area contributed by atoms with Crippen LogP contribution in [0.2, 0.25) is 0 Å². The second-order valence-electron chi connectivity index (χ2n) is 20.7. The molecule has 6 heteroatoms. The smallest absolute Gasteiger partial charge is 0.305 e. The first-order chi connectivity index (χ1) is 33.0. The third kappa shape index (κ3) is 53.5. The fourth-order valence-electron chi connectivity index (χ4n) is 9.32. The number of aliphatic hydroxyl groups is 2. The summed E-state index contributed by atoms with van der Waals surface area (Å²) in [4.78, 5) is 24.5. The molecule has 0 fully saturated rings. The van der Waals surface area contributed by atoms with Gasteiger partial charge in [-0.15, -0.1) is 0 Å². The molecule has 3 N–H and O–H groups in total. The van der Waals surface area contributed by atoms with Gasteiger partial charge in [0.05, 0.1) is 25.4 Å². The van der Waals surface area contributed by atoms with Crippen molar-refractivity contribution >= 4 is 11.9 Å². The summed E-state index contributed by atoms with van der Waals surface area (Å²) in [5.74, 6) is -0.0408. The van der Waals surface area contributed by atoms with E-state index in [1.165, 1.54) is 250 Å². The van der Waals surface area contributed by atoms with Crippen LogP contribution in [0.15, 0.2) is 24.3 Å². The molecule has 0 bridgehead atoms. The van der Waals surface area contributed by atoms with Crippen molar-refractivity contribution < 1.29 is 24.5 Å². The van der Waals surface area contributed by atoms with Crippen LogP contribution in [0.4, 0.5) is 0 Å². The zero-order valence-corrected chi connectivity index (χ0v) is 45.1. The molecule has 0 radical (unpaired) electrons. The fraction of sp³-hybridized carbons (Fsp3) is 0.902. The first-order valence-electron chi connectivity index (χ1n) is 30.1. The lowest BCUT2D eigenvalue weighted by Crippen LogP contribution is -2.45. The van der Waals surface area contributed by atoms with Gasteiger partial charge in [0, 0.05) is 12.8 Å². The minimum atomic E-state index is -0.668. The Morgan fingerprint density at radius 3 is 1.10 bits per heavy atom. The molecule has 0 saturated carbocycles. The maximum absolute atomic E-state index is 12.5. The molecule has 0 saturated heterocycles. The predicted octanol–water partition coefficient (Wildman–Crippen LogP) is 18.6. The van der Waals surface area contributed by atoms with Crippen LogP contribution in [0.1, 0.15) is 328 Å². The first-order valence-corrected chi connectivity index (χ1v) is 30.1. The lowest BCUT2D eigenvalue weighted by atomic mass is 10.0. The average Bonchev–Trinajstić information content (AvgIpc) is 3.33. The van der Waals surface area contributed by atoms with Crippen molar-refractivity contribution in [3.8, 4) is 0 Å². The minimum absolute atomic E-state index is 0.000917. The molecular weight excluding hydrogens is 827 g/mol. The number of carbonyl (C=O) groups is 2. The molecule has 0 aromatic carbocycles. The summed E-state index contributed by atoms with van der Waals surface area (Å²) >= 11 is 0. The lowest BCUT2D eigenvalue weighted by molar-refractivity contribution is -0.143. The number of hydrogen-bond donors (Lipinski definition) is 3. The number of nitrogens with one attached hydrogen (secondary N) is 1. The third-order valence-corrected chi connectivity index (χ3v) is 14.0. The third-order valence-electron chi connectivity index (χ3n) is 14.0. The van der Waals surface area contributed by atoms with Crippen LogP contribution in [0.25, 0.3) is 0 Å². The van der Waals surface area contributed by atoms with E-state index < -0.39 is 12.1 Å². The highest BCUT2D eigenvalue weighted by Crippen LogP contribution is 2.17. The van der Waals surface area contributed by atoms with Gasteiger partial charge in [-0.2, -0.15) is 0 Å². The van der Waals surface area contributed by atoms with Crippen molar-refractivity contribution in [2.75, 3.05) is 13.2 Å². The van der Waals surface area contributed by atoms with Crippen molar-refractivity contribution in [3.05, 3.63) is 24.3 Å². The van der Waals surface area contributed by atoms with E-state index in [0.29, 0.717) is 25.9 Å². The summed E-state index contributed by atoms with van der Waals surface area (Å²) in [6.45, 7) is 4.92. The molecule has 0 rings (SSSR count). The second-order valence-corrected chi connectivity index (χ2v) is 20.7. The SMILES string of the molecule is CCCC/C=C\CCCCCCCC(=O)OCCCCCCCCCCCCC/C=C\CCCCCCCCCC(=O)NC(CO)C(O)CCCCCCCCCCCCCCCCCCC. The van der Waals surface area contributed by atoms with Crippen LogP contribution in [-0.2, 0) is 14.3 Å². The second kappa shape index (κ2) is 56.9. The van der Waals surface area contributed by atoms with Gasteiger partial charge in [0.15, 0.2) is 0 Å². The summed E-state index contributed by atoms with van der Waals surface area (Å²) < 4.78 is 5.45. The molecular formula is C61H117NO5. The maximum atomic E-state index is 12.5. The average molecular weight is 945 g/mol. The van der Waals surface area contributed by atoms with Gasteiger partial charge in [-0.05, 0) is 70.6 Å². The number of amides is 1. The number of ether oxygens (including phenoxy) is 1. The summed E-state index contributed by atoms with van der Waals surface area (Å²) in [6, 6.07) is -0.546. The molecule has 0 aliphatic carbocycles. The van der Waals surface area contributed by atoms with Gasteiger partial charge in [-0.3, -0.25) is 9.59 Å². The lowest BCUT2D eigenvalue weighted by Gasteiger charge is -2.22. The van der Waals surface area contributed by atoms with E-state index >= 15 is 0 Å². The van der Waals surface area contributed by atoms with Crippen molar-refractivity contribution in [2.45, 2.75) is 341 Å². The van der Waals surface area contributed by atoms with E-state index in [9.17, 15) is 19.8 Å². The molecule has 6 nitrogen and oxygen atoms in total. The standard InChI is InChI=1S/C61H117NO5/c1-3-5-7-9-11-13-15-16-17-24-27-30-34-37-41-45-49-53-59(64)58(57-63)62-60(65)54-50-46-42-38-35-31-28-25-22-20-18-19-21-23-26-29-32-36-40-44-48-52-56-67-61(66)55-51-47-43-39-33-14-12-10-8-6-4-2/h10,12,20,22,58-59,63-64H,3-9,11,13-19,21,23-57H2,1-2H3,(H,62,65)/b12-10-,22-20-.